The fraction of sp³-hybridized carbons (Fsp3) is 0.167. The van der Waals surface area contributed by atoms with Gasteiger partial charge in [0.15, 0.2) is 11.5 Å². The number of aromatic nitrogens is 2. The number of hydrogen-bond acceptors (Lipinski definition) is 6. The van der Waals surface area contributed by atoms with Gasteiger partial charge in [-0.2, -0.15) is 5.10 Å². The highest BCUT2D eigenvalue weighted by molar-refractivity contribution is 6.35. The summed E-state index contributed by atoms with van der Waals surface area (Å²) in [5, 5.41) is 7.38. The normalized spacial score (nSPS) is 10.6. The lowest BCUT2D eigenvalue weighted by molar-refractivity contribution is 0.0589. The van der Waals surface area contributed by atoms with E-state index in [0.29, 0.717) is 21.6 Å². The smallest absolute Gasteiger partial charge is 0.358 e. The van der Waals surface area contributed by atoms with Gasteiger partial charge in [0.1, 0.15) is 18.1 Å². The van der Waals surface area contributed by atoms with Gasteiger partial charge in [-0.25, -0.2) is 4.79 Å². The third kappa shape index (κ3) is 4.29. The molecule has 0 aliphatic carbocycles. The molecule has 0 unspecified atom stereocenters. The summed E-state index contributed by atoms with van der Waals surface area (Å²) in [5.74, 6) is -0.278. The van der Waals surface area contributed by atoms with E-state index in [9.17, 15) is 9.59 Å². The largest absolute Gasteiger partial charge is 0.484 e. The summed E-state index contributed by atoms with van der Waals surface area (Å²) in [6.07, 6.45) is 1.35. The molecule has 2 aromatic heterocycles. The van der Waals surface area contributed by atoms with E-state index < -0.39 is 11.9 Å². The van der Waals surface area contributed by atoms with Crippen molar-refractivity contribution in [1.29, 1.82) is 0 Å². The van der Waals surface area contributed by atoms with Crippen molar-refractivity contribution in [3.63, 3.8) is 0 Å². The van der Waals surface area contributed by atoms with Crippen LogP contribution in [0.2, 0.25) is 10.0 Å². The van der Waals surface area contributed by atoms with Gasteiger partial charge in [0.2, 0.25) is 0 Å². The zero-order valence-corrected chi connectivity index (χ0v) is 16.4. The molecule has 0 saturated carbocycles. The topological polar surface area (TPSA) is 95.6 Å². The van der Waals surface area contributed by atoms with E-state index in [4.69, 9.17) is 32.4 Å². The number of hydrogen-bond donors (Lipinski definition) is 1. The van der Waals surface area contributed by atoms with Crippen molar-refractivity contribution >= 4 is 40.8 Å². The van der Waals surface area contributed by atoms with E-state index in [-0.39, 0.29) is 23.7 Å². The molecule has 1 aromatic carbocycles. The second-order valence-electron chi connectivity index (χ2n) is 5.61. The van der Waals surface area contributed by atoms with E-state index in [1.165, 1.54) is 24.1 Å². The van der Waals surface area contributed by atoms with Gasteiger partial charge in [0, 0.05) is 12.1 Å². The molecule has 10 heteroatoms. The Morgan fingerprint density at radius 3 is 2.75 bits per heavy atom. The maximum atomic E-state index is 12.4. The summed E-state index contributed by atoms with van der Waals surface area (Å²) >= 11 is 11.9. The number of aryl methyl sites for hydroxylation is 1. The monoisotopic (exact) mass is 423 g/mol. The van der Waals surface area contributed by atoms with Gasteiger partial charge in [-0.1, -0.05) is 23.2 Å². The molecule has 146 valence electrons. The average molecular weight is 424 g/mol. The van der Waals surface area contributed by atoms with Gasteiger partial charge in [-0.3, -0.25) is 9.48 Å². The molecule has 3 aromatic rings. The minimum Gasteiger partial charge on any atom is -0.484 e. The van der Waals surface area contributed by atoms with Crippen LogP contribution in [-0.4, -0.2) is 28.8 Å². The SMILES string of the molecule is COC(=O)c1c(NC(=O)c2ccc(COc3ccc(Cl)cc3Cl)o2)cnn1C. The second kappa shape index (κ2) is 8.37. The Balaban J connectivity index is 1.67. The van der Waals surface area contributed by atoms with Crippen LogP contribution in [0.1, 0.15) is 26.8 Å². The lowest BCUT2D eigenvalue weighted by Gasteiger charge is -2.07. The quantitative estimate of drug-likeness (QED) is 0.603. The van der Waals surface area contributed by atoms with Crippen molar-refractivity contribution in [2.75, 3.05) is 12.4 Å². The molecule has 0 aliphatic heterocycles. The molecule has 1 amide bonds. The minimum absolute atomic E-state index is 0.0421. The Morgan fingerprint density at radius 2 is 2.04 bits per heavy atom. The molecule has 0 fully saturated rings. The van der Waals surface area contributed by atoms with Crippen LogP contribution in [0.25, 0.3) is 0 Å². The first-order valence-electron chi connectivity index (χ1n) is 7.97. The van der Waals surface area contributed by atoms with Gasteiger partial charge in [-0.15, -0.1) is 0 Å². The summed E-state index contributed by atoms with van der Waals surface area (Å²) in [7, 11) is 2.80. The molecule has 0 aliphatic rings. The maximum absolute atomic E-state index is 12.4. The highest BCUT2D eigenvalue weighted by Crippen LogP contribution is 2.28. The molecule has 1 N–H and O–H groups in total. The molecule has 0 saturated heterocycles. The van der Waals surface area contributed by atoms with Crippen molar-refractivity contribution in [3.05, 3.63) is 63.8 Å². The first-order valence-corrected chi connectivity index (χ1v) is 8.73. The molecule has 0 radical (unpaired) electrons. The summed E-state index contributed by atoms with van der Waals surface area (Å²) in [6.45, 7) is 0.0644. The minimum atomic E-state index is -0.622. The summed E-state index contributed by atoms with van der Waals surface area (Å²) in [5.41, 5.74) is 0.324. The second-order valence-corrected chi connectivity index (χ2v) is 6.45. The van der Waals surface area contributed by atoms with Gasteiger partial charge < -0.3 is 19.2 Å². The Kier molecular flexibility index (Phi) is 5.91. The van der Waals surface area contributed by atoms with Crippen LogP contribution >= 0.6 is 23.2 Å². The van der Waals surface area contributed by atoms with Crippen LogP contribution in [0.15, 0.2) is 40.9 Å². The van der Waals surface area contributed by atoms with E-state index >= 15 is 0 Å². The number of ether oxygens (including phenoxy) is 2. The van der Waals surface area contributed by atoms with Crippen LogP contribution < -0.4 is 10.1 Å². The van der Waals surface area contributed by atoms with Crippen LogP contribution in [0.5, 0.6) is 5.75 Å². The van der Waals surface area contributed by atoms with Crippen molar-refractivity contribution in [2.24, 2.45) is 7.05 Å². The van der Waals surface area contributed by atoms with Crippen LogP contribution in [0.3, 0.4) is 0 Å². The van der Waals surface area contributed by atoms with Crippen LogP contribution in [0.4, 0.5) is 5.69 Å². The number of rotatable bonds is 6. The zero-order chi connectivity index (χ0) is 20.3. The lowest BCUT2D eigenvalue weighted by Crippen LogP contribution is -2.16. The molecule has 0 spiro atoms. The summed E-state index contributed by atoms with van der Waals surface area (Å²) < 4.78 is 17.0. The summed E-state index contributed by atoms with van der Waals surface area (Å²) in [6, 6.07) is 7.94. The predicted octanol–water partition coefficient (Wildman–Crippen LogP) is 3.94. The molecule has 3 rings (SSSR count). The van der Waals surface area contributed by atoms with E-state index in [1.807, 2.05) is 0 Å². The molecular formula is C18H15Cl2N3O5. The van der Waals surface area contributed by atoms with Crippen molar-refractivity contribution in [1.82, 2.24) is 9.78 Å². The Labute approximate surface area is 169 Å². The molecule has 0 atom stereocenters. The Hall–Kier alpha value is -2.97. The number of nitrogens with one attached hydrogen (secondary N) is 1. The zero-order valence-electron chi connectivity index (χ0n) is 14.9. The van der Waals surface area contributed by atoms with Crippen molar-refractivity contribution in [2.45, 2.75) is 6.61 Å². The third-order valence-electron chi connectivity index (χ3n) is 3.72. The average Bonchev–Trinajstić information content (AvgIpc) is 3.27. The Bertz CT molecular complexity index is 1030. The number of carbonyl (C=O) groups excluding carboxylic acids is 2. The number of furan rings is 1. The van der Waals surface area contributed by atoms with E-state index in [1.54, 1.807) is 31.3 Å². The standard InChI is InChI=1S/C18H15Cl2N3O5/c1-23-16(18(25)26-2)13(8-21-23)22-17(24)15-6-4-11(28-15)9-27-14-5-3-10(19)7-12(14)20/h3-8H,9H2,1-2H3,(H,22,24). The van der Waals surface area contributed by atoms with E-state index in [2.05, 4.69) is 15.2 Å². The number of carbonyl (C=O) groups is 2. The number of benzene rings is 1. The van der Waals surface area contributed by atoms with Gasteiger partial charge in [-0.05, 0) is 30.3 Å². The van der Waals surface area contributed by atoms with Gasteiger partial charge in [0.05, 0.1) is 24.0 Å². The molecule has 8 nitrogen and oxygen atoms in total. The molecule has 2 heterocycles. The summed E-state index contributed by atoms with van der Waals surface area (Å²) in [4.78, 5) is 24.2. The van der Waals surface area contributed by atoms with Gasteiger partial charge >= 0.3 is 5.97 Å². The first kappa shape index (κ1) is 19.8. The number of halogens is 2. The van der Waals surface area contributed by atoms with Crippen LogP contribution in [0, 0.1) is 0 Å². The first-order chi connectivity index (χ1) is 13.4. The lowest BCUT2D eigenvalue weighted by atomic mass is 10.3. The van der Waals surface area contributed by atoms with E-state index in [0.717, 1.165) is 0 Å². The fourth-order valence-electron chi connectivity index (χ4n) is 2.37. The third-order valence-corrected chi connectivity index (χ3v) is 4.25. The van der Waals surface area contributed by atoms with Gasteiger partial charge in [0.25, 0.3) is 5.91 Å². The number of anilines is 1. The molecule has 28 heavy (non-hydrogen) atoms. The highest BCUT2D eigenvalue weighted by atomic mass is 35.5. The van der Waals surface area contributed by atoms with Crippen molar-refractivity contribution in [3.8, 4) is 5.75 Å². The molecular weight excluding hydrogens is 409 g/mol. The number of methoxy groups -OCH3 is 1. The predicted molar refractivity (Wildman–Crippen MR) is 102 cm³/mol. The number of esters is 1. The van der Waals surface area contributed by atoms with Crippen LogP contribution in [-0.2, 0) is 18.4 Å². The number of nitrogens with zero attached hydrogens (tertiary/aromatic N) is 2. The Morgan fingerprint density at radius 1 is 1.25 bits per heavy atom. The number of amides is 1. The maximum Gasteiger partial charge on any atom is 0.358 e. The molecule has 0 bridgehead atoms. The highest BCUT2D eigenvalue weighted by Gasteiger charge is 2.21. The van der Waals surface area contributed by atoms with Crippen molar-refractivity contribution < 1.29 is 23.5 Å². The fourth-order valence-corrected chi connectivity index (χ4v) is 2.83.